The minimum absolute atomic E-state index is 0.602. The summed E-state index contributed by atoms with van der Waals surface area (Å²) in [7, 11) is 1.96. The number of hydrogen-bond donors (Lipinski definition) is 1. The Hall–Kier alpha value is -0.900. The normalized spacial score (nSPS) is 10.5. The summed E-state index contributed by atoms with van der Waals surface area (Å²) in [6, 6.07) is 11.3. The monoisotopic (exact) mass is 358 g/mol. The van der Waals surface area contributed by atoms with E-state index in [0.29, 0.717) is 22.3 Å². The Morgan fingerprint density at radius 3 is 2.37 bits per heavy atom. The van der Waals surface area contributed by atoms with E-state index in [2.05, 4.69) is 15.9 Å². The first-order valence-electron chi connectivity index (χ1n) is 5.68. The van der Waals surface area contributed by atoms with Gasteiger partial charge in [-0.2, -0.15) is 0 Å². The summed E-state index contributed by atoms with van der Waals surface area (Å²) in [5.74, 6) is 0. The molecule has 0 aromatic heterocycles. The van der Waals surface area contributed by atoms with Crippen LogP contribution in [0.25, 0.3) is 0 Å². The summed E-state index contributed by atoms with van der Waals surface area (Å²) in [5, 5.41) is 1.32. The number of nitrogens with zero attached hydrogens (tertiary/aromatic N) is 1. The second-order valence-electron chi connectivity index (χ2n) is 4.26. The molecule has 2 aromatic rings. The van der Waals surface area contributed by atoms with Gasteiger partial charge in [0.15, 0.2) is 0 Å². The van der Waals surface area contributed by atoms with E-state index in [1.165, 1.54) is 0 Å². The van der Waals surface area contributed by atoms with Crippen LogP contribution in [0.3, 0.4) is 0 Å². The lowest BCUT2D eigenvalue weighted by Gasteiger charge is -2.22. The Morgan fingerprint density at radius 2 is 1.79 bits per heavy atom. The summed E-state index contributed by atoms with van der Waals surface area (Å²) in [4.78, 5) is 2.02. The predicted octanol–water partition coefficient (Wildman–Crippen LogP) is 4.97. The molecule has 0 aliphatic carbocycles. The highest BCUT2D eigenvalue weighted by Gasteiger charge is 2.11. The van der Waals surface area contributed by atoms with E-state index in [1.54, 1.807) is 0 Å². The summed E-state index contributed by atoms with van der Waals surface area (Å²) in [5.41, 5.74) is 8.57. The zero-order chi connectivity index (χ0) is 14.0. The third kappa shape index (κ3) is 3.35. The van der Waals surface area contributed by atoms with Crippen LogP contribution in [0.5, 0.6) is 0 Å². The van der Waals surface area contributed by atoms with Crippen LogP contribution in [0.15, 0.2) is 40.9 Å². The maximum atomic E-state index is 6.18. The molecule has 0 aliphatic rings. The largest absolute Gasteiger partial charge is 0.397 e. The van der Waals surface area contributed by atoms with E-state index < -0.39 is 0 Å². The van der Waals surface area contributed by atoms with Crippen LogP contribution in [0.1, 0.15) is 5.56 Å². The fourth-order valence-corrected chi connectivity index (χ4v) is 2.77. The Labute approximate surface area is 131 Å². The van der Waals surface area contributed by atoms with Crippen LogP contribution in [-0.4, -0.2) is 7.05 Å². The first-order valence-corrected chi connectivity index (χ1v) is 7.23. The van der Waals surface area contributed by atoms with Crippen molar-refractivity contribution >= 4 is 50.5 Å². The number of benzene rings is 2. The first kappa shape index (κ1) is 14.5. The van der Waals surface area contributed by atoms with Gasteiger partial charge >= 0.3 is 0 Å². The van der Waals surface area contributed by atoms with Crippen LogP contribution < -0.4 is 10.6 Å². The fraction of sp³-hybridized carbons (Fsp3) is 0.143. The number of nitrogens with two attached hydrogens (primary N) is 1. The lowest BCUT2D eigenvalue weighted by molar-refractivity contribution is 0.925. The van der Waals surface area contributed by atoms with Crippen molar-refractivity contribution in [3.63, 3.8) is 0 Å². The highest BCUT2D eigenvalue weighted by Crippen LogP contribution is 2.30. The Kier molecular flexibility index (Phi) is 4.61. The Balaban J connectivity index is 2.28. The van der Waals surface area contributed by atoms with Crippen molar-refractivity contribution in [1.29, 1.82) is 0 Å². The van der Waals surface area contributed by atoms with Gasteiger partial charge in [-0.3, -0.25) is 0 Å². The highest BCUT2D eigenvalue weighted by molar-refractivity contribution is 9.10. The molecule has 0 amide bonds. The van der Waals surface area contributed by atoms with Gasteiger partial charge < -0.3 is 10.6 Å². The first-order chi connectivity index (χ1) is 8.99. The summed E-state index contributed by atoms with van der Waals surface area (Å²) in [6.45, 7) is 0.602. The molecule has 2 N–H and O–H groups in total. The number of nitrogen functional groups attached to an aromatic ring is 1. The molecular weight excluding hydrogens is 347 g/mol. The van der Waals surface area contributed by atoms with E-state index in [1.807, 2.05) is 48.3 Å². The highest BCUT2D eigenvalue weighted by atomic mass is 79.9. The topological polar surface area (TPSA) is 29.3 Å². The molecule has 2 nitrogen and oxygen atoms in total. The van der Waals surface area contributed by atoms with Crippen molar-refractivity contribution in [2.45, 2.75) is 6.54 Å². The van der Waals surface area contributed by atoms with E-state index in [-0.39, 0.29) is 0 Å². The molecular formula is C14H13BrCl2N2. The summed E-state index contributed by atoms with van der Waals surface area (Å²) in [6.07, 6.45) is 0. The zero-order valence-corrected chi connectivity index (χ0v) is 13.4. The molecule has 5 heteroatoms. The fourth-order valence-electron chi connectivity index (χ4n) is 1.88. The van der Waals surface area contributed by atoms with Gasteiger partial charge in [-0.05, 0) is 30.3 Å². The van der Waals surface area contributed by atoms with E-state index in [9.17, 15) is 0 Å². The third-order valence-electron chi connectivity index (χ3n) is 2.86. The SMILES string of the molecule is CN(Cc1c(Cl)cccc1Cl)c1ccc(Br)cc1N. The second kappa shape index (κ2) is 6.04. The average Bonchev–Trinajstić information content (AvgIpc) is 2.33. The van der Waals surface area contributed by atoms with E-state index in [0.717, 1.165) is 15.7 Å². The lowest BCUT2D eigenvalue weighted by atomic mass is 10.2. The van der Waals surface area contributed by atoms with Gasteiger partial charge in [-0.25, -0.2) is 0 Å². The van der Waals surface area contributed by atoms with Crippen LogP contribution in [0.2, 0.25) is 10.0 Å². The maximum absolute atomic E-state index is 6.18. The van der Waals surface area contributed by atoms with Gasteiger partial charge in [-0.1, -0.05) is 45.2 Å². The summed E-state index contributed by atoms with van der Waals surface area (Å²) < 4.78 is 0.956. The molecule has 0 heterocycles. The minimum atomic E-state index is 0.602. The minimum Gasteiger partial charge on any atom is -0.397 e. The van der Waals surface area contributed by atoms with Crippen molar-refractivity contribution in [3.8, 4) is 0 Å². The number of anilines is 2. The molecule has 0 saturated carbocycles. The molecule has 0 unspecified atom stereocenters. The molecule has 0 aliphatic heterocycles. The average molecular weight is 360 g/mol. The summed E-state index contributed by atoms with van der Waals surface area (Å²) >= 11 is 15.7. The van der Waals surface area contributed by atoms with Crippen LogP contribution in [-0.2, 0) is 6.54 Å². The molecule has 2 aromatic carbocycles. The van der Waals surface area contributed by atoms with Crippen LogP contribution >= 0.6 is 39.1 Å². The van der Waals surface area contributed by atoms with Gasteiger partial charge in [0.1, 0.15) is 0 Å². The second-order valence-corrected chi connectivity index (χ2v) is 5.99. The molecule has 0 spiro atoms. The molecule has 100 valence electrons. The number of halogens is 3. The van der Waals surface area contributed by atoms with Crippen molar-refractivity contribution in [2.75, 3.05) is 17.7 Å². The molecule has 0 saturated heterocycles. The predicted molar refractivity (Wildman–Crippen MR) is 87.1 cm³/mol. The Bertz CT molecular complexity index is 582. The van der Waals surface area contributed by atoms with Gasteiger partial charge in [0.25, 0.3) is 0 Å². The van der Waals surface area contributed by atoms with E-state index in [4.69, 9.17) is 28.9 Å². The zero-order valence-electron chi connectivity index (χ0n) is 10.3. The van der Waals surface area contributed by atoms with Gasteiger partial charge in [0.2, 0.25) is 0 Å². The molecule has 0 fully saturated rings. The standard InChI is InChI=1S/C14H13BrCl2N2/c1-19(14-6-5-9(15)7-13(14)18)8-10-11(16)3-2-4-12(10)17/h2-7H,8,18H2,1H3. The molecule has 19 heavy (non-hydrogen) atoms. The van der Waals surface area contributed by atoms with Crippen molar-refractivity contribution < 1.29 is 0 Å². The molecule has 0 radical (unpaired) electrons. The maximum Gasteiger partial charge on any atom is 0.0601 e. The molecule has 0 bridgehead atoms. The van der Waals surface area contributed by atoms with Gasteiger partial charge in [0, 0.05) is 33.7 Å². The van der Waals surface area contributed by atoms with Crippen molar-refractivity contribution in [3.05, 3.63) is 56.5 Å². The van der Waals surface area contributed by atoms with Crippen molar-refractivity contribution in [1.82, 2.24) is 0 Å². The molecule has 2 rings (SSSR count). The van der Waals surface area contributed by atoms with Crippen LogP contribution in [0, 0.1) is 0 Å². The van der Waals surface area contributed by atoms with Crippen molar-refractivity contribution in [2.24, 2.45) is 0 Å². The molecule has 0 atom stereocenters. The van der Waals surface area contributed by atoms with E-state index >= 15 is 0 Å². The smallest absolute Gasteiger partial charge is 0.0601 e. The third-order valence-corrected chi connectivity index (χ3v) is 4.06. The van der Waals surface area contributed by atoms with Gasteiger partial charge in [-0.15, -0.1) is 0 Å². The Morgan fingerprint density at radius 1 is 1.16 bits per heavy atom. The number of hydrogen-bond acceptors (Lipinski definition) is 2. The number of rotatable bonds is 3. The quantitative estimate of drug-likeness (QED) is 0.783. The van der Waals surface area contributed by atoms with Crippen LogP contribution in [0.4, 0.5) is 11.4 Å². The lowest BCUT2D eigenvalue weighted by Crippen LogP contribution is -2.18. The van der Waals surface area contributed by atoms with Gasteiger partial charge in [0.05, 0.1) is 11.4 Å².